The fourth-order valence-corrected chi connectivity index (χ4v) is 0. The molecule has 0 spiro atoms. The Labute approximate surface area is 89.2 Å². The van der Waals surface area contributed by atoms with Crippen molar-refractivity contribution in [3.05, 3.63) is 0 Å². The van der Waals surface area contributed by atoms with E-state index in [4.69, 9.17) is 10.2 Å². The van der Waals surface area contributed by atoms with Gasteiger partial charge in [-0.1, -0.05) is 20.3 Å². The highest BCUT2D eigenvalue weighted by Crippen LogP contribution is 1.66. The van der Waals surface area contributed by atoms with Crippen molar-refractivity contribution in [1.29, 1.82) is 0 Å². The number of rotatable bonds is 2. The maximum Gasteiger partial charge on any atom is 0.313 e. The summed E-state index contributed by atoms with van der Waals surface area (Å²) in [5.41, 5.74) is 0. The van der Waals surface area contributed by atoms with Crippen LogP contribution in [-0.2, 0) is 9.59 Å². The van der Waals surface area contributed by atoms with E-state index in [0.717, 1.165) is 0 Å². The van der Waals surface area contributed by atoms with Crippen molar-refractivity contribution < 1.29 is 19.8 Å². The summed E-state index contributed by atoms with van der Waals surface area (Å²) >= 11 is 6.83. The van der Waals surface area contributed by atoms with E-state index >= 15 is 0 Å². The van der Waals surface area contributed by atoms with Crippen molar-refractivity contribution in [2.24, 2.45) is 0 Å². The third-order valence-corrected chi connectivity index (χ3v) is 0.812. The first-order valence-electron chi connectivity index (χ1n) is 3.61. The summed E-state index contributed by atoms with van der Waals surface area (Å²) in [4.78, 5) is 18.6. The average molecular weight is 228 g/mol. The first-order valence-corrected chi connectivity index (χ1v) is 4.87. The van der Waals surface area contributed by atoms with Gasteiger partial charge in [0, 0.05) is 0 Å². The Morgan fingerprint density at radius 3 is 1.08 bits per heavy atom. The third kappa shape index (κ3) is 81.6. The van der Waals surface area contributed by atoms with Crippen LogP contribution < -0.4 is 0 Å². The predicted octanol–water partition coefficient (Wildman–Crippen LogP) is 1.42. The minimum Gasteiger partial charge on any atom is -0.481 e. The van der Waals surface area contributed by atoms with Crippen LogP contribution in [0.1, 0.15) is 20.3 Å². The molecule has 0 radical (unpaired) electrons. The van der Waals surface area contributed by atoms with Crippen molar-refractivity contribution >= 4 is 37.2 Å². The molecule has 0 unspecified atom stereocenters. The Morgan fingerprint density at radius 1 is 1.00 bits per heavy atom. The molecule has 4 nitrogen and oxygen atoms in total. The van der Waals surface area contributed by atoms with Gasteiger partial charge in [-0.2, -0.15) is 25.3 Å². The Kier molecular flexibility index (Phi) is 25.0. The van der Waals surface area contributed by atoms with E-state index in [2.05, 4.69) is 39.1 Å². The largest absolute Gasteiger partial charge is 0.481 e. The summed E-state index contributed by atoms with van der Waals surface area (Å²) in [6.07, 6.45) is 1.25. The van der Waals surface area contributed by atoms with E-state index in [9.17, 15) is 9.59 Å². The van der Waals surface area contributed by atoms with Crippen LogP contribution in [0.25, 0.3) is 0 Å². The van der Waals surface area contributed by atoms with E-state index in [0.29, 0.717) is 0 Å². The molecule has 0 aromatic carbocycles. The number of hydrogen-bond donors (Lipinski definition) is 4. The summed E-state index contributed by atoms with van der Waals surface area (Å²) in [5.74, 6) is -1.93. The Bertz CT molecular complexity index is 114. The maximum atomic E-state index is 9.29. The highest BCUT2D eigenvalue weighted by molar-refractivity contribution is 7.81. The molecule has 0 saturated heterocycles. The molecule has 0 aromatic rings. The molecule has 0 heterocycles. The zero-order valence-electron chi connectivity index (χ0n) is 7.73. The first kappa shape index (κ1) is 18.4. The Hall–Kier alpha value is -0.360. The van der Waals surface area contributed by atoms with Crippen LogP contribution in [0, 0.1) is 0 Å². The van der Waals surface area contributed by atoms with Gasteiger partial charge in [0.1, 0.15) is 0 Å². The normalized spacial score (nSPS) is 7.08. The smallest absolute Gasteiger partial charge is 0.313 e. The SMILES string of the molecule is CCC.O=C(O)CS.O=C(O)CS. The monoisotopic (exact) mass is 228 g/mol. The van der Waals surface area contributed by atoms with E-state index in [1.807, 2.05) is 0 Å². The molecule has 0 aliphatic carbocycles. The molecule has 80 valence electrons. The topological polar surface area (TPSA) is 74.6 Å². The molecule has 13 heavy (non-hydrogen) atoms. The summed E-state index contributed by atoms with van der Waals surface area (Å²) in [5, 5.41) is 15.3. The van der Waals surface area contributed by atoms with Gasteiger partial charge in [-0.25, -0.2) is 0 Å². The van der Waals surface area contributed by atoms with E-state index in [1.165, 1.54) is 6.42 Å². The molecule has 6 heteroatoms. The van der Waals surface area contributed by atoms with Gasteiger partial charge in [0.05, 0.1) is 11.5 Å². The van der Waals surface area contributed by atoms with Gasteiger partial charge in [-0.15, -0.1) is 0 Å². The van der Waals surface area contributed by atoms with Gasteiger partial charge in [0.25, 0.3) is 0 Å². The van der Waals surface area contributed by atoms with Gasteiger partial charge in [-0.3, -0.25) is 9.59 Å². The molecular weight excluding hydrogens is 212 g/mol. The molecule has 0 atom stereocenters. The maximum absolute atomic E-state index is 9.29. The van der Waals surface area contributed by atoms with Crippen LogP contribution in [-0.4, -0.2) is 33.7 Å². The number of carboxylic acids is 2. The van der Waals surface area contributed by atoms with Crippen LogP contribution in [0.5, 0.6) is 0 Å². The molecule has 0 bridgehead atoms. The summed E-state index contributed by atoms with van der Waals surface area (Å²) in [6, 6.07) is 0. The fraction of sp³-hybridized carbons (Fsp3) is 0.714. The van der Waals surface area contributed by atoms with Crippen molar-refractivity contribution in [1.82, 2.24) is 0 Å². The van der Waals surface area contributed by atoms with Crippen LogP contribution in [0.3, 0.4) is 0 Å². The van der Waals surface area contributed by atoms with E-state index in [-0.39, 0.29) is 11.5 Å². The lowest BCUT2D eigenvalue weighted by Gasteiger charge is -1.71. The highest BCUT2D eigenvalue weighted by Gasteiger charge is 1.82. The van der Waals surface area contributed by atoms with Crippen LogP contribution in [0.15, 0.2) is 0 Å². The molecule has 0 saturated carbocycles. The second-order valence-corrected chi connectivity index (χ2v) is 2.44. The average Bonchev–Trinajstić information content (AvgIpc) is 2.07. The first-order chi connectivity index (χ1) is 5.95. The zero-order valence-corrected chi connectivity index (χ0v) is 9.52. The number of carbonyl (C=O) groups is 2. The zero-order chi connectivity index (χ0) is 11.3. The summed E-state index contributed by atoms with van der Waals surface area (Å²) in [7, 11) is 0. The minimum absolute atomic E-state index is 0.0833. The molecule has 0 aliphatic heterocycles. The van der Waals surface area contributed by atoms with Crippen molar-refractivity contribution in [3.63, 3.8) is 0 Å². The minimum atomic E-state index is -0.881. The lowest BCUT2D eigenvalue weighted by atomic mass is 10.6. The van der Waals surface area contributed by atoms with Crippen molar-refractivity contribution in [2.75, 3.05) is 11.5 Å². The van der Waals surface area contributed by atoms with Gasteiger partial charge in [-0.05, 0) is 0 Å². The number of hydrogen-bond acceptors (Lipinski definition) is 4. The summed E-state index contributed by atoms with van der Waals surface area (Å²) < 4.78 is 0. The van der Waals surface area contributed by atoms with Crippen LogP contribution >= 0.6 is 25.3 Å². The van der Waals surface area contributed by atoms with Crippen molar-refractivity contribution in [2.45, 2.75) is 20.3 Å². The van der Waals surface area contributed by atoms with Crippen LogP contribution in [0.2, 0.25) is 0 Å². The Balaban J connectivity index is -0.000000120. The Morgan fingerprint density at radius 2 is 1.08 bits per heavy atom. The van der Waals surface area contributed by atoms with Gasteiger partial charge in [0.2, 0.25) is 0 Å². The lowest BCUT2D eigenvalue weighted by molar-refractivity contribution is -0.134. The standard InChI is InChI=1S/C3H8.2C2H4O2S/c1-3-2;2*3-2(4)1-5/h3H2,1-2H3;2*5H,1H2,(H,3,4). The van der Waals surface area contributed by atoms with Crippen LogP contribution in [0.4, 0.5) is 0 Å². The van der Waals surface area contributed by atoms with Gasteiger partial charge in [0.15, 0.2) is 0 Å². The molecule has 0 aliphatic rings. The molecule has 0 fully saturated rings. The number of thiol groups is 2. The molecule has 0 amide bonds. The van der Waals surface area contributed by atoms with E-state index < -0.39 is 11.9 Å². The van der Waals surface area contributed by atoms with Gasteiger partial charge >= 0.3 is 11.9 Å². The summed E-state index contributed by atoms with van der Waals surface area (Å²) in [6.45, 7) is 4.25. The highest BCUT2D eigenvalue weighted by atomic mass is 32.1. The molecule has 2 N–H and O–H groups in total. The molecule has 0 rings (SSSR count). The van der Waals surface area contributed by atoms with Gasteiger partial charge < -0.3 is 10.2 Å². The number of aliphatic carboxylic acids is 2. The fourth-order valence-electron chi connectivity index (χ4n) is 0. The lowest BCUT2D eigenvalue weighted by Crippen LogP contribution is -1.92. The third-order valence-electron chi connectivity index (χ3n) is 0.271. The van der Waals surface area contributed by atoms with E-state index in [1.54, 1.807) is 0 Å². The second kappa shape index (κ2) is 17.7. The molecule has 0 aromatic heterocycles. The predicted molar refractivity (Wildman–Crippen MR) is 58.9 cm³/mol. The van der Waals surface area contributed by atoms with Crippen molar-refractivity contribution in [3.8, 4) is 0 Å². The number of carboxylic acid groups (broad SMARTS) is 2. The second-order valence-electron chi connectivity index (χ2n) is 1.81. The molecular formula is C7H16O4S2. The quantitative estimate of drug-likeness (QED) is 0.539.